The quantitative estimate of drug-likeness (QED) is 0.447. The third-order valence-corrected chi connectivity index (χ3v) is 5.83. The number of rotatable bonds is 6. The molecular formula is C18H34N4O. The summed E-state index contributed by atoms with van der Waals surface area (Å²) in [6.45, 7) is 2.16. The molecule has 3 rings (SSSR count). The second kappa shape index (κ2) is 8.34. The normalized spacial score (nSPS) is 31.8. The van der Waals surface area contributed by atoms with E-state index in [9.17, 15) is 0 Å². The van der Waals surface area contributed by atoms with Gasteiger partial charge in [-0.2, -0.15) is 0 Å². The maximum absolute atomic E-state index is 5.90. The molecule has 2 saturated heterocycles. The maximum Gasteiger partial charge on any atom is 0.191 e. The van der Waals surface area contributed by atoms with Gasteiger partial charge < -0.3 is 20.3 Å². The molecule has 2 heterocycles. The first-order valence-electron chi connectivity index (χ1n) is 9.59. The highest BCUT2D eigenvalue weighted by molar-refractivity contribution is 5.80. The predicted octanol–water partition coefficient (Wildman–Crippen LogP) is 2.13. The van der Waals surface area contributed by atoms with E-state index in [2.05, 4.69) is 27.6 Å². The molecule has 0 spiro atoms. The van der Waals surface area contributed by atoms with E-state index in [-0.39, 0.29) is 0 Å². The third kappa shape index (κ3) is 4.60. The fourth-order valence-electron chi connectivity index (χ4n) is 4.40. The van der Waals surface area contributed by atoms with E-state index in [1.165, 1.54) is 57.9 Å². The molecule has 0 aromatic heterocycles. The van der Waals surface area contributed by atoms with Crippen LogP contribution in [0.2, 0.25) is 0 Å². The Kier molecular flexibility index (Phi) is 6.17. The summed E-state index contributed by atoms with van der Waals surface area (Å²) >= 11 is 0. The van der Waals surface area contributed by atoms with Gasteiger partial charge in [0.15, 0.2) is 5.96 Å². The predicted molar refractivity (Wildman–Crippen MR) is 94.9 cm³/mol. The molecule has 2 aliphatic heterocycles. The second-order valence-corrected chi connectivity index (χ2v) is 7.49. The molecule has 0 aromatic rings. The summed E-state index contributed by atoms with van der Waals surface area (Å²) in [5.74, 6) is 0.937. The lowest BCUT2D eigenvalue weighted by Gasteiger charge is -2.31. The molecule has 1 aliphatic carbocycles. The van der Waals surface area contributed by atoms with Crippen molar-refractivity contribution in [3.63, 3.8) is 0 Å². The van der Waals surface area contributed by atoms with Crippen molar-refractivity contribution in [3.05, 3.63) is 0 Å². The molecule has 3 atom stereocenters. The van der Waals surface area contributed by atoms with E-state index < -0.39 is 0 Å². The van der Waals surface area contributed by atoms with Gasteiger partial charge in [-0.1, -0.05) is 19.3 Å². The van der Waals surface area contributed by atoms with Gasteiger partial charge in [-0.3, -0.25) is 4.99 Å². The summed E-state index contributed by atoms with van der Waals surface area (Å²) in [6.07, 6.45) is 12.7. The van der Waals surface area contributed by atoms with Gasteiger partial charge in [0.05, 0.1) is 18.2 Å². The Morgan fingerprint density at radius 3 is 2.65 bits per heavy atom. The first-order chi connectivity index (χ1) is 11.3. The SMILES string of the molecule is CN=C(NCCCN(C)C1CCCCC1)NC1CC2CCC1O2. The Hall–Kier alpha value is -0.810. The van der Waals surface area contributed by atoms with Crippen LogP contribution in [0.1, 0.15) is 57.8 Å². The van der Waals surface area contributed by atoms with Crippen molar-refractivity contribution in [1.82, 2.24) is 15.5 Å². The van der Waals surface area contributed by atoms with Gasteiger partial charge >= 0.3 is 0 Å². The minimum atomic E-state index is 0.399. The number of hydrogen-bond acceptors (Lipinski definition) is 3. The minimum absolute atomic E-state index is 0.399. The Morgan fingerprint density at radius 2 is 2.00 bits per heavy atom. The van der Waals surface area contributed by atoms with Crippen LogP contribution in [0.15, 0.2) is 4.99 Å². The molecule has 1 saturated carbocycles. The molecule has 3 aliphatic rings. The van der Waals surface area contributed by atoms with Gasteiger partial charge in [0.25, 0.3) is 0 Å². The summed E-state index contributed by atoms with van der Waals surface area (Å²) in [5.41, 5.74) is 0. The molecular weight excluding hydrogens is 288 g/mol. The van der Waals surface area contributed by atoms with Gasteiger partial charge in [-0.15, -0.1) is 0 Å². The van der Waals surface area contributed by atoms with Crippen LogP contribution in [-0.4, -0.2) is 62.3 Å². The first kappa shape index (κ1) is 17.0. The number of fused-ring (bicyclic) bond motifs is 2. The zero-order valence-corrected chi connectivity index (χ0v) is 14.9. The van der Waals surface area contributed by atoms with E-state index >= 15 is 0 Å². The average molecular weight is 322 g/mol. The molecule has 0 radical (unpaired) electrons. The van der Waals surface area contributed by atoms with Crippen molar-refractivity contribution in [2.75, 3.05) is 27.2 Å². The molecule has 23 heavy (non-hydrogen) atoms. The van der Waals surface area contributed by atoms with Crippen molar-refractivity contribution in [3.8, 4) is 0 Å². The summed E-state index contributed by atoms with van der Waals surface area (Å²) < 4.78 is 5.90. The van der Waals surface area contributed by atoms with Crippen molar-refractivity contribution in [2.24, 2.45) is 4.99 Å². The Bertz CT molecular complexity index is 394. The van der Waals surface area contributed by atoms with Crippen molar-refractivity contribution in [1.29, 1.82) is 0 Å². The van der Waals surface area contributed by atoms with Crippen LogP contribution < -0.4 is 10.6 Å². The van der Waals surface area contributed by atoms with E-state index in [0.29, 0.717) is 18.2 Å². The number of nitrogens with zero attached hydrogens (tertiary/aromatic N) is 2. The lowest BCUT2D eigenvalue weighted by atomic mass is 9.94. The van der Waals surface area contributed by atoms with Crippen molar-refractivity contribution >= 4 is 5.96 Å². The lowest BCUT2D eigenvalue weighted by molar-refractivity contribution is 0.0992. The van der Waals surface area contributed by atoms with Crippen molar-refractivity contribution < 1.29 is 4.74 Å². The highest BCUT2D eigenvalue weighted by Crippen LogP contribution is 2.34. The standard InChI is InChI=1S/C18H34N4O/c1-19-18(21-16-13-15-9-10-17(16)23-15)20-11-6-12-22(2)14-7-4-3-5-8-14/h14-17H,3-13H2,1-2H3,(H2,19,20,21). The Balaban J connectivity index is 1.31. The van der Waals surface area contributed by atoms with Gasteiger partial charge in [-0.25, -0.2) is 0 Å². The topological polar surface area (TPSA) is 48.9 Å². The zero-order chi connectivity index (χ0) is 16.1. The van der Waals surface area contributed by atoms with E-state index in [4.69, 9.17) is 4.74 Å². The molecule has 3 unspecified atom stereocenters. The zero-order valence-electron chi connectivity index (χ0n) is 14.9. The monoisotopic (exact) mass is 322 g/mol. The number of nitrogens with one attached hydrogen (secondary N) is 2. The smallest absolute Gasteiger partial charge is 0.191 e. The Morgan fingerprint density at radius 1 is 1.17 bits per heavy atom. The minimum Gasteiger partial charge on any atom is -0.373 e. The highest BCUT2D eigenvalue weighted by atomic mass is 16.5. The molecule has 2 bridgehead atoms. The van der Waals surface area contributed by atoms with Gasteiger partial charge in [0.2, 0.25) is 0 Å². The third-order valence-electron chi connectivity index (χ3n) is 5.83. The van der Waals surface area contributed by atoms with E-state index in [0.717, 1.165) is 25.0 Å². The second-order valence-electron chi connectivity index (χ2n) is 7.49. The molecule has 0 amide bonds. The van der Waals surface area contributed by atoms with Crippen LogP contribution in [0.4, 0.5) is 0 Å². The summed E-state index contributed by atoms with van der Waals surface area (Å²) in [6, 6.07) is 1.26. The van der Waals surface area contributed by atoms with Crippen LogP contribution in [-0.2, 0) is 4.74 Å². The molecule has 5 nitrogen and oxygen atoms in total. The largest absolute Gasteiger partial charge is 0.373 e. The van der Waals surface area contributed by atoms with Gasteiger partial charge in [0, 0.05) is 19.6 Å². The van der Waals surface area contributed by atoms with Gasteiger partial charge in [-0.05, 0) is 52.1 Å². The fraction of sp³-hybridized carbons (Fsp3) is 0.944. The van der Waals surface area contributed by atoms with Crippen LogP contribution in [0.3, 0.4) is 0 Å². The molecule has 3 fully saturated rings. The van der Waals surface area contributed by atoms with E-state index in [1.807, 2.05) is 7.05 Å². The number of guanidine groups is 1. The fourth-order valence-corrected chi connectivity index (χ4v) is 4.40. The number of ether oxygens (including phenoxy) is 1. The number of hydrogen-bond donors (Lipinski definition) is 2. The summed E-state index contributed by atoms with van der Waals surface area (Å²) in [7, 11) is 4.15. The molecule has 132 valence electrons. The van der Waals surface area contributed by atoms with Gasteiger partial charge in [0.1, 0.15) is 0 Å². The summed E-state index contributed by atoms with van der Waals surface area (Å²) in [4.78, 5) is 6.92. The average Bonchev–Trinajstić information content (AvgIpc) is 3.21. The summed E-state index contributed by atoms with van der Waals surface area (Å²) in [5, 5.41) is 7.02. The van der Waals surface area contributed by atoms with E-state index in [1.54, 1.807) is 0 Å². The highest BCUT2D eigenvalue weighted by Gasteiger charge is 2.41. The van der Waals surface area contributed by atoms with Crippen LogP contribution in [0.25, 0.3) is 0 Å². The maximum atomic E-state index is 5.90. The number of aliphatic imine (C=N–C) groups is 1. The lowest BCUT2D eigenvalue weighted by Crippen LogP contribution is -2.47. The van der Waals surface area contributed by atoms with Crippen molar-refractivity contribution in [2.45, 2.75) is 82.1 Å². The van der Waals surface area contributed by atoms with Crippen LogP contribution >= 0.6 is 0 Å². The molecule has 0 aromatic carbocycles. The van der Waals surface area contributed by atoms with Crippen LogP contribution in [0.5, 0.6) is 0 Å². The first-order valence-corrected chi connectivity index (χ1v) is 9.59. The molecule has 2 N–H and O–H groups in total. The van der Waals surface area contributed by atoms with Crippen LogP contribution in [0, 0.1) is 0 Å². The molecule has 5 heteroatoms. The Labute approximate surface area is 141 Å².